The Morgan fingerprint density at radius 1 is 0.424 bits per heavy atom. The van der Waals surface area contributed by atoms with E-state index >= 15 is 0 Å². The quantitative estimate of drug-likeness (QED) is 0.175. The minimum atomic E-state index is -0.136. The number of nitrogens with zero attached hydrogens (tertiary/aromatic N) is 4. The first kappa shape index (κ1) is 33.5. The smallest absolute Gasteiger partial charge is 0.164 e. The molecule has 0 saturated heterocycles. The predicted octanol–water partition coefficient (Wildman–Crippen LogP) is 13.8. The molecule has 278 valence electrons. The molecule has 0 spiro atoms. The molecule has 1 aliphatic rings. The van der Waals surface area contributed by atoms with Gasteiger partial charge in [-0.1, -0.05) is 153 Å². The fourth-order valence-corrected chi connectivity index (χ4v) is 9.39. The minimum Gasteiger partial charge on any atom is -0.455 e. The van der Waals surface area contributed by atoms with Gasteiger partial charge in [0.25, 0.3) is 0 Å². The van der Waals surface area contributed by atoms with Crippen LogP contribution in [0.25, 0.3) is 106 Å². The SMILES string of the molecule is CC1(C)c2ccccc2-c2cc3c4ccccc4n(-c4ccc(-c5ccccc5)c5oc6cc(-c7nc(-c8ccccc8)nc(-c8ccccc8)n7)ccc6c45)c3cc21. The van der Waals surface area contributed by atoms with E-state index in [4.69, 9.17) is 19.4 Å². The maximum atomic E-state index is 7.06. The summed E-state index contributed by atoms with van der Waals surface area (Å²) >= 11 is 0. The van der Waals surface area contributed by atoms with E-state index < -0.39 is 0 Å². The van der Waals surface area contributed by atoms with E-state index in [9.17, 15) is 0 Å². The topological polar surface area (TPSA) is 56.7 Å². The molecule has 5 nitrogen and oxygen atoms in total. The van der Waals surface area contributed by atoms with Gasteiger partial charge in [0.15, 0.2) is 17.5 Å². The van der Waals surface area contributed by atoms with E-state index in [0.717, 1.165) is 61.0 Å². The van der Waals surface area contributed by atoms with Crippen LogP contribution in [0.3, 0.4) is 0 Å². The molecule has 0 atom stereocenters. The maximum absolute atomic E-state index is 7.06. The summed E-state index contributed by atoms with van der Waals surface area (Å²) in [5, 5.41) is 4.54. The molecule has 12 rings (SSSR count). The summed E-state index contributed by atoms with van der Waals surface area (Å²) in [6.45, 7) is 4.70. The second kappa shape index (κ2) is 12.7. The first-order valence-corrected chi connectivity index (χ1v) is 20.1. The Hall–Kier alpha value is -7.63. The number of furan rings is 1. The van der Waals surface area contributed by atoms with Gasteiger partial charge in [0.05, 0.1) is 22.1 Å². The van der Waals surface area contributed by atoms with Crippen molar-refractivity contribution in [3.63, 3.8) is 0 Å². The highest BCUT2D eigenvalue weighted by Gasteiger charge is 2.36. The van der Waals surface area contributed by atoms with Gasteiger partial charge in [-0.15, -0.1) is 0 Å². The molecule has 0 radical (unpaired) electrons. The van der Waals surface area contributed by atoms with Crippen molar-refractivity contribution in [2.24, 2.45) is 0 Å². The first-order valence-electron chi connectivity index (χ1n) is 20.1. The normalized spacial score (nSPS) is 13.1. The summed E-state index contributed by atoms with van der Waals surface area (Å²) in [6, 6.07) is 64.1. The second-order valence-corrected chi connectivity index (χ2v) is 16.0. The first-order chi connectivity index (χ1) is 29.0. The molecular weight excluding hydrogens is 721 g/mol. The number of para-hydroxylation sites is 1. The van der Waals surface area contributed by atoms with Crippen LogP contribution in [-0.2, 0) is 5.41 Å². The molecule has 5 heteroatoms. The Morgan fingerprint density at radius 3 is 1.75 bits per heavy atom. The summed E-state index contributed by atoms with van der Waals surface area (Å²) in [6.07, 6.45) is 0. The molecular formula is C54H36N4O. The minimum absolute atomic E-state index is 0.136. The molecule has 0 bridgehead atoms. The maximum Gasteiger partial charge on any atom is 0.164 e. The third-order valence-corrected chi connectivity index (χ3v) is 12.3. The second-order valence-electron chi connectivity index (χ2n) is 16.0. The van der Waals surface area contributed by atoms with Crippen LogP contribution < -0.4 is 0 Å². The van der Waals surface area contributed by atoms with Crippen molar-refractivity contribution < 1.29 is 4.42 Å². The van der Waals surface area contributed by atoms with Crippen molar-refractivity contribution in [2.45, 2.75) is 19.3 Å². The van der Waals surface area contributed by atoms with Crippen LogP contribution in [-0.4, -0.2) is 19.5 Å². The summed E-state index contributed by atoms with van der Waals surface area (Å²) in [5.74, 6) is 1.83. The van der Waals surface area contributed by atoms with E-state index in [2.05, 4.69) is 140 Å². The number of rotatable bonds is 5. The van der Waals surface area contributed by atoms with Gasteiger partial charge in [-0.05, 0) is 70.3 Å². The van der Waals surface area contributed by atoms with Crippen molar-refractivity contribution in [2.75, 3.05) is 0 Å². The molecule has 59 heavy (non-hydrogen) atoms. The predicted molar refractivity (Wildman–Crippen MR) is 241 cm³/mol. The molecule has 1 aliphatic carbocycles. The zero-order valence-electron chi connectivity index (χ0n) is 32.5. The fourth-order valence-electron chi connectivity index (χ4n) is 9.39. The van der Waals surface area contributed by atoms with Gasteiger partial charge in [-0.25, -0.2) is 15.0 Å². The molecule has 0 unspecified atom stereocenters. The zero-order chi connectivity index (χ0) is 39.2. The van der Waals surface area contributed by atoms with E-state index in [0.29, 0.717) is 17.5 Å². The van der Waals surface area contributed by atoms with Gasteiger partial charge in [0.2, 0.25) is 0 Å². The summed E-state index contributed by atoms with van der Waals surface area (Å²) in [7, 11) is 0. The van der Waals surface area contributed by atoms with Crippen LogP contribution in [0.2, 0.25) is 0 Å². The van der Waals surface area contributed by atoms with Gasteiger partial charge in [-0.3, -0.25) is 0 Å². The Morgan fingerprint density at radius 2 is 1.03 bits per heavy atom. The molecule has 8 aromatic carbocycles. The Balaban J connectivity index is 1.12. The molecule has 0 saturated carbocycles. The lowest BCUT2D eigenvalue weighted by Gasteiger charge is -2.21. The molecule has 0 amide bonds. The zero-order valence-corrected chi connectivity index (χ0v) is 32.5. The largest absolute Gasteiger partial charge is 0.455 e. The average Bonchev–Trinajstić information content (AvgIpc) is 3.91. The van der Waals surface area contributed by atoms with Gasteiger partial charge in [0.1, 0.15) is 11.2 Å². The summed E-state index contributed by atoms with van der Waals surface area (Å²) in [4.78, 5) is 15.0. The lowest BCUT2D eigenvalue weighted by molar-refractivity contribution is 0.661. The number of benzene rings is 8. The Kier molecular flexibility index (Phi) is 7.20. The molecule has 0 fully saturated rings. The number of hydrogen-bond acceptors (Lipinski definition) is 4. The lowest BCUT2D eigenvalue weighted by atomic mass is 9.82. The van der Waals surface area contributed by atoms with Crippen molar-refractivity contribution in [1.82, 2.24) is 19.5 Å². The Labute approximate surface area is 340 Å². The van der Waals surface area contributed by atoms with Crippen LogP contribution in [0.15, 0.2) is 186 Å². The van der Waals surface area contributed by atoms with Crippen LogP contribution in [0.4, 0.5) is 0 Å². The average molecular weight is 757 g/mol. The van der Waals surface area contributed by atoms with Crippen molar-refractivity contribution in [3.8, 4) is 62.1 Å². The van der Waals surface area contributed by atoms with Gasteiger partial charge < -0.3 is 8.98 Å². The van der Waals surface area contributed by atoms with Crippen molar-refractivity contribution >= 4 is 43.7 Å². The van der Waals surface area contributed by atoms with Crippen molar-refractivity contribution in [1.29, 1.82) is 0 Å². The molecule has 3 heterocycles. The van der Waals surface area contributed by atoms with Gasteiger partial charge in [-0.2, -0.15) is 0 Å². The van der Waals surface area contributed by atoms with E-state index in [1.165, 1.54) is 38.5 Å². The van der Waals surface area contributed by atoms with Crippen LogP contribution >= 0.6 is 0 Å². The van der Waals surface area contributed by atoms with Gasteiger partial charge in [0, 0.05) is 43.8 Å². The highest BCUT2D eigenvalue weighted by molar-refractivity contribution is 6.18. The van der Waals surface area contributed by atoms with E-state index in [1.807, 2.05) is 60.7 Å². The summed E-state index contributed by atoms with van der Waals surface area (Å²) in [5.41, 5.74) is 15.1. The van der Waals surface area contributed by atoms with Crippen LogP contribution in [0, 0.1) is 0 Å². The van der Waals surface area contributed by atoms with Crippen molar-refractivity contribution in [3.05, 3.63) is 193 Å². The third kappa shape index (κ3) is 5.08. The summed E-state index contributed by atoms with van der Waals surface area (Å²) < 4.78 is 9.51. The monoisotopic (exact) mass is 756 g/mol. The van der Waals surface area contributed by atoms with Crippen LogP contribution in [0.5, 0.6) is 0 Å². The number of hydrogen-bond donors (Lipinski definition) is 0. The molecule has 0 N–H and O–H groups in total. The molecule has 3 aromatic heterocycles. The van der Waals surface area contributed by atoms with Gasteiger partial charge >= 0.3 is 0 Å². The third-order valence-electron chi connectivity index (χ3n) is 12.3. The number of aromatic nitrogens is 4. The molecule has 11 aromatic rings. The fraction of sp³-hybridized carbons (Fsp3) is 0.0556. The number of fused-ring (bicyclic) bond motifs is 9. The Bertz CT molecular complexity index is 3400. The highest BCUT2D eigenvalue weighted by atomic mass is 16.3. The lowest BCUT2D eigenvalue weighted by Crippen LogP contribution is -2.15. The van der Waals surface area contributed by atoms with E-state index in [-0.39, 0.29) is 5.41 Å². The highest BCUT2D eigenvalue weighted by Crippen LogP contribution is 2.51. The standard InChI is InChI=1S/C54H36N4O/c1-54(2)43-24-14-12-22-38(43)41-31-42-39-23-13-15-25-45(39)58(47(42)32-44(41)54)46-29-28-37(33-16-6-3-7-17-33)50-49(46)40-27-26-36(30-48(40)59-50)53-56-51(34-18-8-4-9-19-34)55-52(57-53)35-20-10-5-11-21-35/h3-32H,1-2H3. The van der Waals surface area contributed by atoms with Crippen LogP contribution in [0.1, 0.15) is 25.0 Å². The van der Waals surface area contributed by atoms with E-state index in [1.54, 1.807) is 0 Å². The molecule has 0 aliphatic heterocycles.